The molecule has 3 atom stereocenters. The van der Waals surface area contributed by atoms with Crippen LogP contribution in [0.4, 0.5) is 0 Å². The zero-order valence-electron chi connectivity index (χ0n) is 15.8. The molecule has 0 unspecified atom stereocenters. The van der Waals surface area contributed by atoms with Crippen molar-refractivity contribution < 1.29 is 13.9 Å². The van der Waals surface area contributed by atoms with Crippen LogP contribution in [0.1, 0.15) is 32.4 Å². The van der Waals surface area contributed by atoms with E-state index in [1.807, 2.05) is 30.3 Å². The third-order valence-corrected chi connectivity index (χ3v) is 6.31. The van der Waals surface area contributed by atoms with Crippen LogP contribution in [0.25, 0.3) is 11.5 Å². The lowest BCUT2D eigenvalue weighted by Gasteiger charge is -2.34. The second-order valence-electron chi connectivity index (χ2n) is 8.18. The third-order valence-electron chi connectivity index (χ3n) is 6.31. The van der Waals surface area contributed by atoms with Gasteiger partial charge in [0.15, 0.2) is 5.72 Å². The minimum atomic E-state index is -0.433. The summed E-state index contributed by atoms with van der Waals surface area (Å²) in [7, 11) is 0. The number of hydrogen-bond donors (Lipinski definition) is 0. The lowest BCUT2D eigenvalue weighted by Crippen LogP contribution is -2.50. The lowest BCUT2D eigenvalue weighted by molar-refractivity contribution is -0.139. The zero-order chi connectivity index (χ0) is 18.6. The van der Waals surface area contributed by atoms with Crippen molar-refractivity contribution >= 4 is 5.91 Å². The highest BCUT2D eigenvalue weighted by Gasteiger charge is 2.64. The maximum absolute atomic E-state index is 12.8. The van der Waals surface area contributed by atoms with Crippen LogP contribution in [-0.4, -0.2) is 51.7 Å². The molecule has 4 heterocycles. The summed E-state index contributed by atoms with van der Waals surface area (Å²) in [4.78, 5) is 21.8. The van der Waals surface area contributed by atoms with E-state index < -0.39 is 5.72 Å². The molecule has 1 spiro atoms. The summed E-state index contributed by atoms with van der Waals surface area (Å²) >= 11 is 0. The number of oxazole rings is 1. The molecular weight excluding hydrogens is 342 g/mol. The van der Waals surface area contributed by atoms with E-state index in [1.165, 1.54) is 0 Å². The number of amides is 1. The number of aromatic nitrogens is 1. The van der Waals surface area contributed by atoms with Gasteiger partial charge in [-0.15, -0.1) is 0 Å². The maximum atomic E-state index is 12.8. The van der Waals surface area contributed by atoms with Crippen LogP contribution in [0.15, 0.2) is 41.0 Å². The minimum absolute atomic E-state index is 0.102. The van der Waals surface area contributed by atoms with Crippen molar-refractivity contribution in [1.29, 1.82) is 0 Å². The van der Waals surface area contributed by atoms with E-state index in [2.05, 4.69) is 28.6 Å². The average Bonchev–Trinajstić information content (AvgIpc) is 3.40. The summed E-state index contributed by atoms with van der Waals surface area (Å²) in [6.07, 6.45) is 3.14. The van der Waals surface area contributed by atoms with E-state index in [0.717, 1.165) is 24.2 Å². The Morgan fingerprint density at radius 1 is 1.30 bits per heavy atom. The van der Waals surface area contributed by atoms with Gasteiger partial charge in [-0.1, -0.05) is 32.0 Å². The van der Waals surface area contributed by atoms with Crippen LogP contribution in [0.5, 0.6) is 0 Å². The number of likely N-dealkylation sites (tertiary alicyclic amines) is 1. The molecule has 27 heavy (non-hydrogen) atoms. The summed E-state index contributed by atoms with van der Waals surface area (Å²) in [6, 6.07) is 10.2. The Kier molecular flexibility index (Phi) is 3.88. The SMILES string of the molecule is CC(C)[C@@H]1CO[C@@]23CCN(Cc4coc(-c5ccccc5)n4)[C@@H]2CC(=O)N13. The van der Waals surface area contributed by atoms with E-state index in [9.17, 15) is 4.79 Å². The molecule has 1 amide bonds. The van der Waals surface area contributed by atoms with Gasteiger partial charge < -0.3 is 14.1 Å². The predicted octanol–water partition coefficient (Wildman–Crippen LogP) is 2.90. The Bertz CT molecular complexity index is 849. The molecular formula is C21H25N3O3. The number of ether oxygens (including phenoxy) is 1. The predicted molar refractivity (Wildman–Crippen MR) is 99.5 cm³/mol. The Balaban J connectivity index is 1.35. The standard InChI is InChI=1S/C21H25N3O3/c1-14(2)17-13-27-21-8-9-23(18(21)10-19(25)24(17)21)11-16-12-26-20(22-16)15-6-4-3-5-7-15/h3-7,12,14,17-18H,8-11,13H2,1-2H3/t17-,18+,21-/m0/s1. The summed E-state index contributed by atoms with van der Waals surface area (Å²) in [5.41, 5.74) is 1.44. The largest absolute Gasteiger partial charge is 0.444 e. The summed E-state index contributed by atoms with van der Waals surface area (Å²) < 4.78 is 12.0. The Hall–Kier alpha value is -2.18. The van der Waals surface area contributed by atoms with Gasteiger partial charge >= 0.3 is 0 Å². The quantitative estimate of drug-likeness (QED) is 0.832. The van der Waals surface area contributed by atoms with Gasteiger partial charge in [-0.2, -0.15) is 0 Å². The fraction of sp³-hybridized carbons (Fsp3) is 0.524. The van der Waals surface area contributed by atoms with Crippen LogP contribution in [0.2, 0.25) is 0 Å². The summed E-state index contributed by atoms with van der Waals surface area (Å²) in [6.45, 7) is 6.57. The lowest BCUT2D eigenvalue weighted by atomic mass is 10.0. The van der Waals surface area contributed by atoms with Gasteiger partial charge in [0.25, 0.3) is 0 Å². The number of carbonyl (C=O) groups excluding carboxylic acids is 1. The van der Waals surface area contributed by atoms with Gasteiger partial charge in [0.1, 0.15) is 6.26 Å². The number of benzene rings is 1. The molecule has 142 valence electrons. The number of nitrogens with zero attached hydrogens (tertiary/aromatic N) is 3. The smallest absolute Gasteiger partial charge is 0.226 e. The molecule has 1 aromatic carbocycles. The number of carbonyl (C=O) groups is 1. The second kappa shape index (κ2) is 6.17. The molecule has 1 aromatic heterocycles. The van der Waals surface area contributed by atoms with Gasteiger partial charge in [0.05, 0.1) is 24.4 Å². The molecule has 3 fully saturated rings. The van der Waals surface area contributed by atoms with Crippen molar-refractivity contribution in [3.8, 4) is 11.5 Å². The van der Waals surface area contributed by atoms with Crippen molar-refractivity contribution in [3.63, 3.8) is 0 Å². The van der Waals surface area contributed by atoms with Crippen molar-refractivity contribution in [3.05, 3.63) is 42.3 Å². The van der Waals surface area contributed by atoms with Crippen LogP contribution in [0, 0.1) is 5.92 Å². The van der Waals surface area contributed by atoms with Gasteiger partial charge in [-0.25, -0.2) is 4.98 Å². The van der Waals surface area contributed by atoms with E-state index in [4.69, 9.17) is 9.15 Å². The molecule has 6 heteroatoms. The summed E-state index contributed by atoms with van der Waals surface area (Å²) in [5, 5.41) is 0. The zero-order valence-corrected chi connectivity index (χ0v) is 15.8. The normalized spacial score (nSPS) is 30.3. The molecule has 2 aromatic rings. The van der Waals surface area contributed by atoms with E-state index >= 15 is 0 Å². The van der Waals surface area contributed by atoms with Crippen LogP contribution >= 0.6 is 0 Å². The van der Waals surface area contributed by atoms with Crippen LogP contribution < -0.4 is 0 Å². The first-order chi connectivity index (χ1) is 13.1. The molecule has 0 radical (unpaired) electrons. The Morgan fingerprint density at radius 2 is 2.11 bits per heavy atom. The molecule has 3 aliphatic heterocycles. The molecule has 3 aliphatic rings. The van der Waals surface area contributed by atoms with Crippen molar-refractivity contribution in [2.24, 2.45) is 5.92 Å². The van der Waals surface area contributed by atoms with Crippen LogP contribution in [0.3, 0.4) is 0 Å². The van der Waals surface area contributed by atoms with Gasteiger partial charge in [0, 0.05) is 31.5 Å². The molecule has 3 saturated heterocycles. The first kappa shape index (κ1) is 17.0. The van der Waals surface area contributed by atoms with Gasteiger partial charge in [-0.3, -0.25) is 9.69 Å². The topological polar surface area (TPSA) is 58.8 Å². The Labute approximate surface area is 159 Å². The first-order valence-corrected chi connectivity index (χ1v) is 9.78. The molecule has 0 saturated carbocycles. The van der Waals surface area contributed by atoms with Gasteiger partial charge in [-0.05, 0) is 18.1 Å². The fourth-order valence-electron chi connectivity index (χ4n) is 4.94. The first-order valence-electron chi connectivity index (χ1n) is 9.78. The van der Waals surface area contributed by atoms with Crippen molar-refractivity contribution in [2.75, 3.05) is 13.2 Å². The number of rotatable bonds is 4. The fourth-order valence-corrected chi connectivity index (χ4v) is 4.94. The second-order valence-corrected chi connectivity index (χ2v) is 8.18. The van der Waals surface area contributed by atoms with Crippen molar-refractivity contribution in [2.45, 2.75) is 51.0 Å². The van der Waals surface area contributed by atoms with E-state index in [-0.39, 0.29) is 18.0 Å². The average molecular weight is 367 g/mol. The highest BCUT2D eigenvalue weighted by Crippen LogP contribution is 2.49. The maximum Gasteiger partial charge on any atom is 0.226 e. The molecule has 0 bridgehead atoms. The summed E-state index contributed by atoms with van der Waals surface area (Å²) in [5.74, 6) is 1.27. The monoisotopic (exact) mass is 367 g/mol. The molecule has 0 aliphatic carbocycles. The minimum Gasteiger partial charge on any atom is -0.444 e. The molecule has 6 nitrogen and oxygen atoms in total. The van der Waals surface area contributed by atoms with Gasteiger partial charge in [0.2, 0.25) is 11.8 Å². The van der Waals surface area contributed by atoms with E-state index in [0.29, 0.717) is 31.4 Å². The molecule has 5 rings (SSSR count). The third kappa shape index (κ3) is 2.54. The van der Waals surface area contributed by atoms with Crippen LogP contribution in [-0.2, 0) is 16.1 Å². The van der Waals surface area contributed by atoms with E-state index in [1.54, 1.807) is 6.26 Å². The molecule has 0 N–H and O–H groups in total. The number of hydrogen-bond acceptors (Lipinski definition) is 5. The highest BCUT2D eigenvalue weighted by atomic mass is 16.5. The Morgan fingerprint density at radius 3 is 2.89 bits per heavy atom. The van der Waals surface area contributed by atoms with Crippen molar-refractivity contribution in [1.82, 2.24) is 14.8 Å². The highest BCUT2D eigenvalue weighted by molar-refractivity contribution is 5.82.